The molecule has 2 unspecified atom stereocenters. The first kappa shape index (κ1) is 45.8. The molecule has 312 valence electrons. The first-order valence-electron chi connectivity index (χ1n) is 20.9. The van der Waals surface area contributed by atoms with Crippen LogP contribution in [0.4, 0.5) is 0 Å². The number of phenols is 2. The van der Waals surface area contributed by atoms with Crippen LogP contribution in [0.5, 0.6) is 11.5 Å². The summed E-state index contributed by atoms with van der Waals surface area (Å²) in [6.45, 7) is 13.9. The average molecular weight is 825 g/mol. The van der Waals surface area contributed by atoms with Gasteiger partial charge in [-0.1, -0.05) is 91.5 Å². The van der Waals surface area contributed by atoms with Gasteiger partial charge in [-0.2, -0.15) is 34.9 Å². The van der Waals surface area contributed by atoms with Gasteiger partial charge in [0.15, 0.2) is 0 Å². The Bertz CT molecular complexity index is 1630. The second-order valence-electron chi connectivity index (χ2n) is 16.3. The molecule has 0 radical (unpaired) electrons. The largest absolute Gasteiger partial charge is 1.00 e. The van der Waals surface area contributed by atoms with Crippen molar-refractivity contribution in [3.63, 3.8) is 0 Å². The number of hydrogen-bond donors (Lipinski definition) is 4. The topological polar surface area (TPSA) is 139 Å². The molecule has 4 aliphatic rings. The molecule has 2 aromatic rings. The molecule has 0 aliphatic heterocycles. The third-order valence-corrected chi connectivity index (χ3v) is 16.8. The lowest BCUT2D eigenvalue weighted by Crippen LogP contribution is -3.00. The molecule has 0 heterocycles. The summed E-state index contributed by atoms with van der Waals surface area (Å²) in [4.78, 5) is 0. The highest BCUT2D eigenvalue weighted by Gasteiger charge is 2.43. The SMILES string of the molecule is CCCC1C[C@@H](NS(=O)(=O)N(CC)CC)C[C@@H]2Cc3c(O)cccc3C[C@@H]12.CCCC1C[C@H](NS(=O)(=O)N(CC)CC)C[C@H]2Cc3c(O)cccc3C[C@H]12.[Cl-]. The van der Waals surface area contributed by atoms with E-state index in [1.54, 1.807) is 12.1 Å². The zero-order valence-electron chi connectivity index (χ0n) is 34.0. The van der Waals surface area contributed by atoms with Crippen molar-refractivity contribution in [1.82, 2.24) is 18.1 Å². The molecule has 0 amide bonds. The molecule has 0 saturated heterocycles. The first-order valence-corrected chi connectivity index (χ1v) is 23.8. The minimum atomic E-state index is -3.43. The van der Waals surface area contributed by atoms with E-state index >= 15 is 0 Å². The third kappa shape index (κ3) is 10.8. The fourth-order valence-electron chi connectivity index (χ4n) is 10.7. The maximum Gasteiger partial charge on any atom is 0.279 e. The summed E-state index contributed by atoms with van der Waals surface area (Å²) < 4.78 is 59.8. The molecule has 0 bridgehead atoms. The van der Waals surface area contributed by atoms with Gasteiger partial charge < -0.3 is 22.6 Å². The first-order chi connectivity index (χ1) is 25.8. The average Bonchev–Trinajstić information content (AvgIpc) is 3.12. The highest BCUT2D eigenvalue weighted by molar-refractivity contribution is 7.87. The summed E-state index contributed by atoms with van der Waals surface area (Å²) >= 11 is 0. The van der Waals surface area contributed by atoms with E-state index in [0.29, 0.717) is 73.2 Å². The van der Waals surface area contributed by atoms with Crippen LogP contribution in [0.1, 0.15) is 115 Å². The summed E-state index contributed by atoms with van der Waals surface area (Å²) in [7, 11) is -6.87. The van der Waals surface area contributed by atoms with Gasteiger partial charge >= 0.3 is 0 Å². The molecule has 2 fully saturated rings. The number of benzene rings is 2. The predicted molar refractivity (Wildman–Crippen MR) is 218 cm³/mol. The van der Waals surface area contributed by atoms with Crippen molar-refractivity contribution >= 4 is 20.4 Å². The van der Waals surface area contributed by atoms with Gasteiger partial charge in [0.2, 0.25) is 0 Å². The van der Waals surface area contributed by atoms with Gasteiger partial charge in [-0.25, -0.2) is 0 Å². The molecular weight excluding hydrogens is 756 g/mol. The Morgan fingerprint density at radius 2 is 0.945 bits per heavy atom. The van der Waals surface area contributed by atoms with Gasteiger partial charge in [-0.05, 0) is 121 Å². The minimum Gasteiger partial charge on any atom is -1.00 e. The van der Waals surface area contributed by atoms with E-state index in [0.717, 1.165) is 88.2 Å². The molecule has 4 N–H and O–H groups in total. The van der Waals surface area contributed by atoms with Crippen LogP contribution < -0.4 is 21.9 Å². The summed E-state index contributed by atoms with van der Waals surface area (Å²) in [6.07, 6.45) is 11.8. The highest BCUT2D eigenvalue weighted by Crippen LogP contribution is 2.48. The van der Waals surface area contributed by atoms with Crippen LogP contribution >= 0.6 is 0 Å². The minimum absolute atomic E-state index is 0. The number of hydrogen-bond acceptors (Lipinski definition) is 6. The lowest BCUT2D eigenvalue weighted by molar-refractivity contribution is -0.0000200. The monoisotopic (exact) mass is 823 g/mol. The lowest BCUT2D eigenvalue weighted by atomic mass is 9.62. The number of halogens is 1. The molecule has 0 aromatic heterocycles. The number of phenolic OH excluding ortho intramolecular Hbond substituents is 2. The van der Waals surface area contributed by atoms with E-state index in [4.69, 9.17) is 0 Å². The van der Waals surface area contributed by atoms with E-state index in [2.05, 4.69) is 35.4 Å². The van der Waals surface area contributed by atoms with Gasteiger partial charge in [0.25, 0.3) is 20.4 Å². The van der Waals surface area contributed by atoms with Crippen molar-refractivity contribution in [2.75, 3.05) is 26.2 Å². The molecule has 55 heavy (non-hydrogen) atoms. The zero-order valence-corrected chi connectivity index (χ0v) is 36.4. The Morgan fingerprint density at radius 1 is 0.582 bits per heavy atom. The number of fused-ring (bicyclic) bond motifs is 4. The van der Waals surface area contributed by atoms with Crippen LogP contribution in [0, 0.1) is 35.5 Å². The molecule has 8 atom stereocenters. The van der Waals surface area contributed by atoms with Gasteiger partial charge in [0.05, 0.1) is 0 Å². The van der Waals surface area contributed by atoms with Crippen molar-refractivity contribution in [2.24, 2.45) is 35.5 Å². The number of rotatable bonds is 14. The number of aromatic hydroxyl groups is 2. The van der Waals surface area contributed by atoms with E-state index in [9.17, 15) is 27.0 Å². The predicted octanol–water partition coefficient (Wildman–Crippen LogP) is 3.96. The zero-order chi connectivity index (χ0) is 39.2. The molecule has 13 heteroatoms. The Labute approximate surface area is 339 Å². The fourth-order valence-corrected chi connectivity index (χ4v) is 13.6. The van der Waals surface area contributed by atoms with Gasteiger partial charge in [0, 0.05) is 38.3 Å². The maximum atomic E-state index is 12.7. The van der Waals surface area contributed by atoms with E-state index in [-0.39, 0.29) is 24.5 Å². The molecule has 2 saturated carbocycles. The van der Waals surface area contributed by atoms with Crippen LogP contribution in [0.2, 0.25) is 0 Å². The van der Waals surface area contributed by atoms with Crippen molar-refractivity contribution in [1.29, 1.82) is 0 Å². The second-order valence-corrected chi connectivity index (χ2v) is 19.7. The molecule has 0 spiro atoms. The normalized spacial score (nSPS) is 27.5. The standard InChI is InChI=1S/2C21H34N2O3S.ClH/c2*1-4-8-15-11-18(22-27(25,26)23(5-2)6-3)12-17-14-20-16(13-19(15)17)9-7-10-21(20)24;/h2*7,9-10,15,17-19,22,24H,4-6,8,11-14H2,1-3H3;1H/p-1/t2*15?,17-,18-,19+;/m10./s1. The molecule has 4 aliphatic carbocycles. The Hall–Kier alpha value is -1.93. The summed E-state index contributed by atoms with van der Waals surface area (Å²) in [6, 6.07) is 11.7. The van der Waals surface area contributed by atoms with Crippen LogP contribution in [0.25, 0.3) is 0 Å². The Kier molecular flexibility index (Phi) is 16.8. The van der Waals surface area contributed by atoms with Crippen LogP contribution in [-0.2, 0) is 46.1 Å². The summed E-state index contributed by atoms with van der Waals surface area (Å²) in [5.74, 6) is 3.90. The van der Waals surface area contributed by atoms with Gasteiger partial charge in [-0.15, -0.1) is 0 Å². The lowest BCUT2D eigenvalue weighted by Gasteiger charge is -2.45. The van der Waals surface area contributed by atoms with Gasteiger partial charge in [0.1, 0.15) is 11.5 Å². The molecule has 6 rings (SSSR count). The molecular formula is C42H68ClN4O6S2-. The van der Waals surface area contributed by atoms with E-state index < -0.39 is 20.4 Å². The Balaban J connectivity index is 0.000000240. The Morgan fingerprint density at radius 3 is 1.27 bits per heavy atom. The number of nitrogens with zero attached hydrogens (tertiary/aromatic N) is 2. The van der Waals surface area contributed by atoms with E-state index in [1.807, 2.05) is 39.8 Å². The van der Waals surface area contributed by atoms with Crippen LogP contribution in [0.3, 0.4) is 0 Å². The van der Waals surface area contributed by atoms with Crippen LogP contribution in [0.15, 0.2) is 36.4 Å². The smallest absolute Gasteiger partial charge is 0.279 e. The van der Waals surface area contributed by atoms with Crippen molar-refractivity contribution < 1.29 is 39.5 Å². The summed E-state index contributed by atoms with van der Waals surface area (Å²) in [5.41, 5.74) is 4.70. The van der Waals surface area contributed by atoms with Crippen molar-refractivity contribution in [3.8, 4) is 11.5 Å². The maximum absolute atomic E-state index is 12.7. The second kappa shape index (κ2) is 20.2. The summed E-state index contributed by atoms with van der Waals surface area (Å²) in [5, 5.41) is 20.6. The van der Waals surface area contributed by atoms with Crippen molar-refractivity contribution in [3.05, 3.63) is 58.7 Å². The van der Waals surface area contributed by atoms with E-state index in [1.165, 1.54) is 19.7 Å². The van der Waals surface area contributed by atoms with Crippen molar-refractivity contribution in [2.45, 2.75) is 131 Å². The highest BCUT2D eigenvalue weighted by atomic mass is 35.5. The molecule has 2 aromatic carbocycles. The fraction of sp³-hybridized carbons (Fsp3) is 0.714. The van der Waals surface area contributed by atoms with Gasteiger partial charge in [-0.3, -0.25) is 0 Å². The number of nitrogens with one attached hydrogen (secondary N) is 2. The molecule has 10 nitrogen and oxygen atoms in total. The van der Waals surface area contributed by atoms with Crippen LogP contribution in [-0.4, -0.2) is 73.9 Å². The third-order valence-electron chi connectivity index (χ3n) is 13.2. The quantitative estimate of drug-likeness (QED) is 0.228.